The second-order valence-corrected chi connectivity index (χ2v) is 8.97. The van der Waals surface area contributed by atoms with E-state index in [1.807, 2.05) is 4.90 Å². The average Bonchev–Trinajstić information content (AvgIpc) is 3.16. The van der Waals surface area contributed by atoms with Gasteiger partial charge >= 0.3 is 14.7 Å². The van der Waals surface area contributed by atoms with Gasteiger partial charge in [0, 0.05) is 64.5 Å². The summed E-state index contributed by atoms with van der Waals surface area (Å²) in [5.41, 5.74) is 0.323. The molecule has 0 aromatic heterocycles. The number of hydrogen-bond donors (Lipinski definition) is 2. The minimum absolute atomic E-state index is 0.0899. The maximum Gasteiger partial charge on any atom is 0.403 e. The van der Waals surface area contributed by atoms with Gasteiger partial charge < -0.3 is 24.2 Å². The molecule has 10 nitrogen and oxygen atoms in total. The number of nitrogens with zero attached hydrogens (tertiary/aromatic N) is 5. The quantitative estimate of drug-likeness (QED) is 0.315. The first-order valence-electron chi connectivity index (χ1n) is 9.10. The molecule has 3 aliphatic heterocycles. The average molecular weight is 395 g/mol. The lowest BCUT2D eigenvalue weighted by atomic mass is 9.89. The van der Waals surface area contributed by atoms with E-state index in [0.717, 1.165) is 39.3 Å². The fraction of sp³-hybridized carbons (Fsp3) is 0.600. The lowest BCUT2D eigenvalue weighted by molar-refractivity contribution is -0.384. The second kappa shape index (κ2) is 7.25. The Morgan fingerprint density at radius 3 is 1.78 bits per heavy atom. The molecule has 2 N–H and O–H groups in total. The Bertz CT molecular complexity index is 741. The number of benzene rings is 1. The molecule has 1 unspecified atom stereocenters. The van der Waals surface area contributed by atoms with Crippen LogP contribution in [0.3, 0.4) is 0 Å². The third kappa shape index (κ3) is 3.69. The first-order chi connectivity index (χ1) is 12.8. The molecule has 12 heteroatoms. The molecule has 1 aromatic rings. The van der Waals surface area contributed by atoms with Crippen LogP contribution < -0.4 is 0 Å². The van der Waals surface area contributed by atoms with Crippen molar-refractivity contribution in [3.05, 3.63) is 39.9 Å². The van der Waals surface area contributed by atoms with Crippen LogP contribution in [0.4, 0.5) is 5.69 Å². The third-order valence-corrected chi connectivity index (χ3v) is 7.01. The van der Waals surface area contributed by atoms with Crippen LogP contribution in [0.2, 0.25) is 0 Å². The van der Waals surface area contributed by atoms with Crippen molar-refractivity contribution in [2.75, 3.05) is 52.4 Å². The molecule has 0 aliphatic carbocycles. The summed E-state index contributed by atoms with van der Waals surface area (Å²) in [4.78, 5) is 39.5. The third-order valence-electron chi connectivity index (χ3n) is 5.74. The highest BCUT2D eigenvalue weighted by Crippen LogP contribution is 2.53. The normalized spacial score (nSPS) is 23.9. The van der Waals surface area contributed by atoms with Crippen LogP contribution in [-0.2, 0) is 4.57 Å². The van der Waals surface area contributed by atoms with E-state index in [1.165, 1.54) is 24.3 Å². The Hall–Kier alpha value is -1.33. The molecule has 0 saturated carbocycles. The van der Waals surface area contributed by atoms with Crippen molar-refractivity contribution in [1.29, 1.82) is 0 Å². The van der Waals surface area contributed by atoms with Crippen molar-refractivity contribution in [3.8, 4) is 0 Å². The second-order valence-electron chi connectivity index (χ2n) is 7.30. The van der Waals surface area contributed by atoms with Crippen LogP contribution >= 0.6 is 7.60 Å². The number of hydrogen-bond acceptors (Lipinski definition) is 7. The monoisotopic (exact) mass is 395 g/mol. The standard InChI is InChI=1S/C15H23BN5O5P/c22-21(23)14-3-1-13(2-4-14)15(27(24,25)26)17-5-7-18-9-11-20-12-10-19(8-6-17)16(18)20/h1-4,15H,5-12H2,(H2,24,25,26). The summed E-state index contributed by atoms with van der Waals surface area (Å²) in [7, 11) is -4.16. The molecule has 4 rings (SSSR count). The fourth-order valence-electron chi connectivity index (χ4n) is 4.49. The highest BCUT2D eigenvalue weighted by molar-refractivity contribution is 7.52. The summed E-state index contributed by atoms with van der Waals surface area (Å²) in [5, 5.41) is 10.9. The first-order valence-corrected chi connectivity index (χ1v) is 10.8. The molecule has 146 valence electrons. The summed E-state index contributed by atoms with van der Waals surface area (Å²) in [6, 6.07) is 5.52. The maximum absolute atomic E-state index is 12.3. The smallest absolute Gasteiger partial charge is 0.323 e. The van der Waals surface area contributed by atoms with Crippen LogP contribution in [0.25, 0.3) is 0 Å². The number of nitro benzene ring substituents is 1. The van der Waals surface area contributed by atoms with Gasteiger partial charge in [-0.1, -0.05) is 0 Å². The molecule has 3 fully saturated rings. The van der Waals surface area contributed by atoms with Crippen molar-refractivity contribution in [1.82, 2.24) is 19.3 Å². The summed E-state index contributed by atoms with van der Waals surface area (Å²) in [5.74, 6) is -1.09. The molecule has 3 heterocycles. The van der Waals surface area contributed by atoms with Gasteiger partial charge in [-0.25, -0.2) is 0 Å². The highest BCUT2D eigenvalue weighted by atomic mass is 31.2. The predicted octanol–water partition coefficient (Wildman–Crippen LogP) is 0.00480. The minimum Gasteiger partial charge on any atom is -0.323 e. The summed E-state index contributed by atoms with van der Waals surface area (Å²) in [6.07, 6.45) is 0. The van der Waals surface area contributed by atoms with E-state index < -0.39 is 18.3 Å². The number of rotatable bonds is 4. The van der Waals surface area contributed by atoms with Crippen molar-refractivity contribution in [2.45, 2.75) is 5.78 Å². The van der Waals surface area contributed by atoms with E-state index in [0.29, 0.717) is 25.8 Å². The number of nitro groups is 1. The lowest BCUT2D eigenvalue weighted by Gasteiger charge is -2.39. The van der Waals surface area contributed by atoms with Crippen molar-refractivity contribution < 1.29 is 19.3 Å². The number of non-ortho nitro benzene ring substituents is 1. The van der Waals surface area contributed by atoms with Crippen LogP contribution in [-0.4, -0.2) is 93.5 Å². The van der Waals surface area contributed by atoms with E-state index in [9.17, 15) is 24.5 Å². The molecule has 1 atom stereocenters. The molecule has 0 bridgehead atoms. The summed E-state index contributed by atoms with van der Waals surface area (Å²) >= 11 is 0. The molecule has 3 saturated heterocycles. The topological polar surface area (TPSA) is 114 Å². The molecule has 3 aliphatic rings. The maximum atomic E-state index is 12.3. The van der Waals surface area contributed by atoms with E-state index in [2.05, 4.69) is 14.4 Å². The van der Waals surface area contributed by atoms with Gasteiger partial charge in [-0.3, -0.25) is 19.6 Å². The van der Waals surface area contributed by atoms with E-state index in [1.54, 1.807) is 0 Å². The van der Waals surface area contributed by atoms with Crippen LogP contribution in [0.15, 0.2) is 24.3 Å². The molecular formula is C15H23BN5O5P. The molecule has 27 heavy (non-hydrogen) atoms. The van der Waals surface area contributed by atoms with Crippen LogP contribution in [0, 0.1) is 10.1 Å². The van der Waals surface area contributed by atoms with E-state index in [4.69, 9.17) is 0 Å². The minimum atomic E-state index is -4.48. The van der Waals surface area contributed by atoms with Gasteiger partial charge in [0.05, 0.1) is 4.92 Å². The zero-order valence-electron chi connectivity index (χ0n) is 14.9. The Kier molecular flexibility index (Phi) is 5.11. The molecule has 0 spiro atoms. The van der Waals surface area contributed by atoms with E-state index >= 15 is 0 Å². The van der Waals surface area contributed by atoms with Gasteiger partial charge in [0.15, 0.2) is 0 Å². The summed E-state index contributed by atoms with van der Waals surface area (Å²) < 4.78 is 12.3. The van der Waals surface area contributed by atoms with E-state index in [-0.39, 0.29) is 5.69 Å². The van der Waals surface area contributed by atoms with Gasteiger partial charge in [0.1, 0.15) is 5.78 Å². The molecule has 1 aromatic carbocycles. The van der Waals surface area contributed by atoms with Crippen molar-refractivity contribution in [2.24, 2.45) is 0 Å². The van der Waals surface area contributed by atoms with Gasteiger partial charge in [0.25, 0.3) is 5.69 Å². The highest BCUT2D eigenvalue weighted by Gasteiger charge is 2.47. The summed E-state index contributed by atoms with van der Waals surface area (Å²) in [6.45, 7) is 6.56. The van der Waals surface area contributed by atoms with Gasteiger partial charge in [0.2, 0.25) is 0 Å². The Morgan fingerprint density at radius 1 is 0.926 bits per heavy atom. The lowest BCUT2D eigenvalue weighted by Crippen LogP contribution is -2.56. The predicted molar refractivity (Wildman–Crippen MR) is 99.9 cm³/mol. The molecule has 0 amide bonds. The van der Waals surface area contributed by atoms with Crippen LogP contribution in [0.5, 0.6) is 0 Å². The Labute approximate surface area is 157 Å². The Morgan fingerprint density at radius 2 is 1.37 bits per heavy atom. The zero-order chi connectivity index (χ0) is 19.2. The molecule has 0 radical (unpaired) electrons. The van der Waals surface area contributed by atoms with Gasteiger partial charge in [-0.05, 0) is 17.7 Å². The van der Waals surface area contributed by atoms with Crippen molar-refractivity contribution in [3.63, 3.8) is 0 Å². The van der Waals surface area contributed by atoms with Crippen LogP contribution in [0.1, 0.15) is 11.3 Å². The Balaban J connectivity index is 1.59. The fourth-order valence-corrected chi connectivity index (χ4v) is 5.71. The van der Waals surface area contributed by atoms with Crippen molar-refractivity contribution >= 4 is 20.4 Å². The largest absolute Gasteiger partial charge is 0.403 e. The van der Waals surface area contributed by atoms with Gasteiger partial charge in [-0.15, -0.1) is 0 Å². The molecular weight excluding hydrogens is 372 g/mol. The SMILES string of the molecule is O=[N+]([O-])c1ccc(C(N2CCN3CCN4CCN(CC2)B43)P(=O)(O)O)cc1. The van der Waals surface area contributed by atoms with Gasteiger partial charge in [-0.2, -0.15) is 0 Å². The zero-order valence-corrected chi connectivity index (χ0v) is 15.8. The first kappa shape index (κ1) is 19.0.